The van der Waals surface area contributed by atoms with Crippen LogP contribution < -0.4 is 5.32 Å². The molecule has 0 aliphatic rings. The molecule has 11 heteroatoms. The summed E-state index contributed by atoms with van der Waals surface area (Å²) >= 11 is 0.590. The zero-order valence-corrected chi connectivity index (χ0v) is 14.4. The van der Waals surface area contributed by atoms with Crippen LogP contribution in [0.3, 0.4) is 0 Å². The monoisotopic (exact) mass is 389 g/mol. The number of hydrogen-bond donors (Lipinski definition) is 2. The topological polar surface area (TPSA) is 105 Å². The van der Waals surface area contributed by atoms with Gasteiger partial charge in [0.2, 0.25) is 11.5 Å². The van der Waals surface area contributed by atoms with E-state index in [2.05, 4.69) is 10.3 Å². The quantitative estimate of drug-likeness (QED) is 0.602. The largest absolute Gasteiger partial charge is 0.424 e. The van der Waals surface area contributed by atoms with Gasteiger partial charge in [-0.15, -0.1) is 11.3 Å². The molecule has 1 heterocycles. The number of rotatable bonds is 5. The molecule has 1 aromatic carbocycles. The second kappa shape index (κ2) is 7.00. The summed E-state index contributed by atoms with van der Waals surface area (Å²) in [6, 6.07) is 3.71. The van der Waals surface area contributed by atoms with Gasteiger partial charge in [-0.25, -0.2) is 4.98 Å². The normalized spacial score (nSPS) is 13.9. The molecule has 1 atom stereocenters. The van der Waals surface area contributed by atoms with E-state index in [4.69, 9.17) is 0 Å². The average Bonchev–Trinajstić information content (AvgIpc) is 2.94. The molecule has 1 aromatic heterocycles. The van der Waals surface area contributed by atoms with Crippen molar-refractivity contribution in [2.45, 2.75) is 32.0 Å². The van der Waals surface area contributed by atoms with Gasteiger partial charge >= 0.3 is 6.18 Å². The number of aryl methyl sites for hydroxylation is 2. The molecule has 0 aliphatic carbocycles. The third-order valence-electron chi connectivity index (χ3n) is 3.55. The highest BCUT2D eigenvalue weighted by atomic mass is 32.1. The maximum Gasteiger partial charge on any atom is 0.424 e. The molecule has 0 fully saturated rings. The predicted molar refractivity (Wildman–Crippen MR) is 87.9 cm³/mol. The number of aliphatic hydroxyl groups is 1. The zero-order valence-electron chi connectivity index (χ0n) is 13.6. The zero-order chi connectivity index (χ0) is 19.7. The summed E-state index contributed by atoms with van der Waals surface area (Å²) in [5.41, 5.74) is -3.18. The molecule has 0 saturated heterocycles. The van der Waals surface area contributed by atoms with Crippen molar-refractivity contribution >= 4 is 28.6 Å². The van der Waals surface area contributed by atoms with Crippen molar-refractivity contribution in [3.8, 4) is 0 Å². The minimum atomic E-state index is -5.13. The van der Waals surface area contributed by atoms with Crippen LogP contribution in [-0.4, -0.2) is 27.1 Å². The summed E-state index contributed by atoms with van der Waals surface area (Å²) in [6.07, 6.45) is -6.46. The van der Waals surface area contributed by atoms with E-state index in [9.17, 15) is 33.2 Å². The molecule has 2 N–H and O–H groups in total. The number of nitrogens with zero attached hydrogens (tertiary/aromatic N) is 2. The molecular weight excluding hydrogens is 375 g/mol. The number of hydrogen-bond acceptors (Lipinski definition) is 6. The average molecular weight is 389 g/mol. The molecule has 0 radical (unpaired) electrons. The number of benzene rings is 1. The van der Waals surface area contributed by atoms with Gasteiger partial charge in [0.15, 0.2) is 0 Å². The lowest BCUT2D eigenvalue weighted by Crippen LogP contribution is -2.45. The van der Waals surface area contributed by atoms with Crippen LogP contribution in [0.4, 0.5) is 24.5 Å². The van der Waals surface area contributed by atoms with Gasteiger partial charge in [-0.2, -0.15) is 13.2 Å². The first kappa shape index (κ1) is 19.8. The summed E-state index contributed by atoms with van der Waals surface area (Å²) < 4.78 is 40.1. The fraction of sp³-hybridized carbons (Fsp3) is 0.333. The number of aromatic nitrogens is 1. The first-order chi connectivity index (χ1) is 11.9. The lowest BCUT2D eigenvalue weighted by Gasteiger charge is -2.27. The van der Waals surface area contributed by atoms with E-state index in [1.165, 1.54) is 31.4 Å². The van der Waals surface area contributed by atoms with E-state index >= 15 is 0 Å². The molecule has 140 valence electrons. The Kier molecular flexibility index (Phi) is 5.33. The molecule has 0 bridgehead atoms. The van der Waals surface area contributed by atoms with Gasteiger partial charge in [0, 0.05) is 28.4 Å². The van der Waals surface area contributed by atoms with Gasteiger partial charge in [0.05, 0.1) is 11.3 Å². The summed E-state index contributed by atoms with van der Waals surface area (Å²) in [6.45, 7) is 2.94. The highest BCUT2D eigenvalue weighted by Gasteiger charge is 2.58. The Morgan fingerprint density at radius 2 is 2.04 bits per heavy atom. The van der Waals surface area contributed by atoms with Crippen LogP contribution in [0.2, 0.25) is 0 Å². The summed E-state index contributed by atoms with van der Waals surface area (Å²) in [5.74, 6) is -1.16. The third-order valence-corrected chi connectivity index (χ3v) is 4.66. The van der Waals surface area contributed by atoms with E-state index in [0.717, 1.165) is 6.07 Å². The van der Waals surface area contributed by atoms with Crippen LogP contribution in [0.5, 0.6) is 0 Å². The number of amides is 1. The van der Waals surface area contributed by atoms with Gasteiger partial charge in [-0.05, 0) is 19.9 Å². The number of carbonyl (C=O) groups is 1. The maximum atomic E-state index is 13.4. The first-order valence-corrected chi connectivity index (χ1v) is 8.08. The van der Waals surface area contributed by atoms with Gasteiger partial charge in [0.1, 0.15) is 5.01 Å². The summed E-state index contributed by atoms with van der Waals surface area (Å²) in [7, 11) is 0. The molecule has 2 rings (SSSR count). The van der Waals surface area contributed by atoms with Crippen LogP contribution in [0.15, 0.2) is 23.6 Å². The van der Waals surface area contributed by atoms with Crippen LogP contribution >= 0.6 is 11.3 Å². The van der Waals surface area contributed by atoms with Crippen molar-refractivity contribution < 1.29 is 28.0 Å². The minimum absolute atomic E-state index is 0.0489. The standard InChI is InChI=1S/C15H14F3N3O4S/c1-8-3-4-10(5-11(8)21(24)25)20-12(22)6-14(23,15(16,17)18)13-19-9(2)7-26-13/h3-5,7,23H,6H2,1-2H3,(H,20,22)/t14-/m1/s1. The van der Waals surface area contributed by atoms with E-state index < -0.39 is 34.0 Å². The Morgan fingerprint density at radius 1 is 1.38 bits per heavy atom. The molecule has 0 spiro atoms. The Morgan fingerprint density at radius 3 is 2.54 bits per heavy atom. The number of nitro groups is 1. The highest BCUT2D eigenvalue weighted by molar-refractivity contribution is 7.09. The van der Waals surface area contributed by atoms with E-state index in [1.807, 2.05) is 0 Å². The van der Waals surface area contributed by atoms with Crippen LogP contribution in [0.25, 0.3) is 0 Å². The van der Waals surface area contributed by atoms with E-state index in [-0.39, 0.29) is 17.1 Å². The molecule has 26 heavy (non-hydrogen) atoms. The van der Waals surface area contributed by atoms with Crippen molar-refractivity contribution in [3.05, 3.63) is 50.0 Å². The lowest BCUT2D eigenvalue weighted by molar-refractivity contribution is -0.385. The Bertz CT molecular complexity index is 853. The smallest absolute Gasteiger partial charge is 0.374 e. The first-order valence-electron chi connectivity index (χ1n) is 7.20. The van der Waals surface area contributed by atoms with Crippen LogP contribution in [-0.2, 0) is 10.4 Å². The Hall–Kier alpha value is -2.53. The third kappa shape index (κ3) is 3.99. The van der Waals surface area contributed by atoms with Gasteiger partial charge in [-0.3, -0.25) is 14.9 Å². The van der Waals surface area contributed by atoms with Crippen molar-refractivity contribution in [2.24, 2.45) is 0 Å². The summed E-state index contributed by atoms with van der Waals surface area (Å²) in [5, 5.41) is 23.8. The Labute approximate surface area is 149 Å². The van der Waals surface area contributed by atoms with Crippen LogP contribution in [0, 0.1) is 24.0 Å². The van der Waals surface area contributed by atoms with Crippen molar-refractivity contribution in [1.82, 2.24) is 4.98 Å². The second-order valence-corrected chi connectivity index (χ2v) is 6.49. The number of carbonyl (C=O) groups excluding carboxylic acids is 1. The molecule has 1 amide bonds. The van der Waals surface area contributed by atoms with Crippen molar-refractivity contribution in [2.75, 3.05) is 5.32 Å². The maximum absolute atomic E-state index is 13.4. The molecule has 0 unspecified atom stereocenters. The number of alkyl halides is 3. The van der Waals surface area contributed by atoms with E-state index in [1.54, 1.807) is 0 Å². The number of nitro benzene ring substituents is 1. The number of anilines is 1. The fourth-order valence-corrected chi connectivity index (χ4v) is 3.08. The number of nitrogens with one attached hydrogen (secondary N) is 1. The molecule has 0 saturated carbocycles. The van der Waals surface area contributed by atoms with Gasteiger partial charge < -0.3 is 10.4 Å². The predicted octanol–water partition coefficient (Wildman–Crippen LogP) is 3.45. The van der Waals surface area contributed by atoms with Crippen LogP contribution in [0.1, 0.15) is 22.7 Å². The number of thiazole rings is 1. The van der Waals surface area contributed by atoms with Gasteiger partial charge in [-0.1, -0.05) is 6.07 Å². The molecule has 2 aromatic rings. The van der Waals surface area contributed by atoms with Crippen molar-refractivity contribution in [3.63, 3.8) is 0 Å². The molecular formula is C15H14F3N3O4S. The minimum Gasteiger partial charge on any atom is -0.374 e. The highest BCUT2D eigenvalue weighted by Crippen LogP contribution is 2.43. The Balaban J connectivity index is 2.26. The van der Waals surface area contributed by atoms with Crippen molar-refractivity contribution in [1.29, 1.82) is 0 Å². The lowest BCUT2D eigenvalue weighted by atomic mass is 9.99. The molecule has 7 nitrogen and oxygen atoms in total. The molecule has 0 aliphatic heterocycles. The van der Waals surface area contributed by atoms with E-state index in [0.29, 0.717) is 16.9 Å². The second-order valence-electron chi connectivity index (χ2n) is 5.64. The fourth-order valence-electron chi connectivity index (χ4n) is 2.16. The number of halogens is 3. The summed E-state index contributed by atoms with van der Waals surface area (Å²) in [4.78, 5) is 25.9. The SMILES string of the molecule is Cc1csc([C@](O)(CC(=O)Nc2ccc(C)c([N+](=O)[O-])c2)C(F)(F)F)n1. The van der Waals surface area contributed by atoms with Gasteiger partial charge in [0.25, 0.3) is 5.69 Å².